The number of ether oxygens (including phenoxy) is 1. The molecule has 0 aliphatic carbocycles. The summed E-state index contributed by atoms with van der Waals surface area (Å²) in [6.45, 7) is 3.68. The second-order valence-electron chi connectivity index (χ2n) is 5.66. The van der Waals surface area contributed by atoms with Crippen LogP contribution in [0.15, 0.2) is 24.3 Å². The number of amides is 3. The quantitative estimate of drug-likeness (QED) is 0.465. The molecule has 0 spiro atoms. The Balaban J connectivity index is 2.16. The highest BCUT2D eigenvalue weighted by Gasteiger charge is 2.51. The number of carbonyl (C=O) groups is 3. The minimum Gasteiger partial charge on any atom is -0.464 e. The van der Waals surface area contributed by atoms with E-state index in [4.69, 9.17) is 16.3 Å². The van der Waals surface area contributed by atoms with Gasteiger partial charge in [0.05, 0.1) is 6.61 Å². The number of benzene rings is 1. The fourth-order valence-corrected chi connectivity index (χ4v) is 2.77. The highest BCUT2D eigenvalue weighted by molar-refractivity contribution is 6.30. The van der Waals surface area contributed by atoms with Gasteiger partial charge < -0.3 is 10.1 Å². The minimum atomic E-state index is -1.18. The van der Waals surface area contributed by atoms with Gasteiger partial charge in [0.2, 0.25) is 0 Å². The summed E-state index contributed by atoms with van der Waals surface area (Å²) in [6.07, 6.45) is 2.00. The van der Waals surface area contributed by atoms with Gasteiger partial charge in [-0.2, -0.15) is 0 Å². The molecule has 6 nitrogen and oxygen atoms in total. The van der Waals surface area contributed by atoms with Crippen LogP contribution >= 0.6 is 11.6 Å². The highest BCUT2D eigenvalue weighted by atomic mass is 35.5. The summed E-state index contributed by atoms with van der Waals surface area (Å²) in [5, 5.41) is 3.25. The average molecular weight is 353 g/mol. The predicted octanol–water partition coefficient (Wildman–Crippen LogP) is 2.84. The van der Waals surface area contributed by atoms with Crippen molar-refractivity contribution >= 4 is 29.5 Å². The Morgan fingerprint density at radius 1 is 1.25 bits per heavy atom. The number of rotatable bonds is 7. The van der Waals surface area contributed by atoms with Crippen molar-refractivity contribution in [3.8, 4) is 0 Å². The van der Waals surface area contributed by atoms with Crippen molar-refractivity contribution in [2.24, 2.45) is 0 Å². The summed E-state index contributed by atoms with van der Waals surface area (Å²) in [5.41, 5.74) is -0.541. The molecule has 3 amide bonds. The van der Waals surface area contributed by atoms with E-state index in [1.165, 1.54) is 0 Å². The van der Waals surface area contributed by atoms with Crippen LogP contribution in [0.4, 0.5) is 4.79 Å². The number of unbranched alkanes of at least 4 members (excludes halogenated alkanes) is 1. The number of carbonyl (C=O) groups excluding carboxylic acids is 3. The first-order chi connectivity index (χ1) is 11.4. The van der Waals surface area contributed by atoms with E-state index in [1.807, 2.05) is 6.92 Å². The topological polar surface area (TPSA) is 75.7 Å². The Morgan fingerprint density at radius 2 is 1.92 bits per heavy atom. The van der Waals surface area contributed by atoms with Crippen LogP contribution in [-0.4, -0.2) is 36.0 Å². The van der Waals surface area contributed by atoms with Gasteiger partial charge in [-0.05, 0) is 30.5 Å². The van der Waals surface area contributed by atoms with Crippen LogP contribution in [0.25, 0.3) is 0 Å². The molecule has 0 radical (unpaired) electrons. The van der Waals surface area contributed by atoms with Gasteiger partial charge in [-0.15, -0.1) is 0 Å². The molecule has 1 atom stereocenters. The van der Waals surface area contributed by atoms with E-state index < -0.39 is 23.4 Å². The second-order valence-corrected chi connectivity index (χ2v) is 6.10. The number of urea groups is 1. The van der Waals surface area contributed by atoms with Gasteiger partial charge in [0.25, 0.3) is 5.91 Å². The molecule has 1 aromatic carbocycles. The number of nitrogens with one attached hydrogen (secondary N) is 1. The van der Waals surface area contributed by atoms with Gasteiger partial charge in [-0.3, -0.25) is 14.5 Å². The van der Waals surface area contributed by atoms with E-state index in [0.29, 0.717) is 17.0 Å². The first-order valence-corrected chi connectivity index (χ1v) is 8.38. The van der Waals surface area contributed by atoms with Gasteiger partial charge in [0.1, 0.15) is 12.1 Å². The zero-order valence-corrected chi connectivity index (χ0v) is 14.6. The maximum atomic E-state index is 12.8. The van der Waals surface area contributed by atoms with Crippen LogP contribution in [0.2, 0.25) is 5.02 Å². The lowest BCUT2D eigenvalue weighted by Gasteiger charge is -2.25. The lowest BCUT2D eigenvalue weighted by molar-refractivity contribution is -0.148. The first kappa shape index (κ1) is 18.3. The molecular weight excluding hydrogens is 332 g/mol. The Labute approximate surface area is 146 Å². The number of halogens is 1. The Hall–Kier alpha value is -2.08. The summed E-state index contributed by atoms with van der Waals surface area (Å²) >= 11 is 5.89. The third kappa shape index (κ3) is 3.53. The average Bonchev–Trinajstić information content (AvgIpc) is 2.81. The third-order valence-electron chi connectivity index (χ3n) is 4.09. The first-order valence-electron chi connectivity index (χ1n) is 8.00. The fourth-order valence-electron chi connectivity index (χ4n) is 2.65. The van der Waals surface area contributed by atoms with Crippen molar-refractivity contribution in [2.75, 3.05) is 13.2 Å². The Morgan fingerprint density at radius 3 is 2.50 bits per heavy atom. The second kappa shape index (κ2) is 7.66. The highest BCUT2D eigenvalue weighted by Crippen LogP contribution is 2.33. The van der Waals surface area contributed by atoms with Crippen molar-refractivity contribution in [1.82, 2.24) is 10.2 Å². The molecule has 2 rings (SSSR count). The van der Waals surface area contributed by atoms with Crippen LogP contribution in [0.5, 0.6) is 0 Å². The molecule has 1 fully saturated rings. The normalized spacial score (nSPS) is 20.2. The van der Waals surface area contributed by atoms with Gasteiger partial charge in [0.15, 0.2) is 0 Å². The van der Waals surface area contributed by atoms with E-state index >= 15 is 0 Å². The van der Waals surface area contributed by atoms with Gasteiger partial charge >= 0.3 is 12.0 Å². The molecule has 0 saturated carbocycles. The van der Waals surface area contributed by atoms with E-state index in [9.17, 15) is 14.4 Å². The van der Waals surface area contributed by atoms with Crippen LogP contribution in [0, 0.1) is 0 Å². The minimum absolute atomic E-state index is 0.287. The van der Waals surface area contributed by atoms with Crippen molar-refractivity contribution in [1.29, 1.82) is 0 Å². The Bertz CT molecular complexity index is 632. The summed E-state index contributed by atoms with van der Waals surface area (Å²) in [6, 6.07) is 6.13. The van der Waals surface area contributed by atoms with Crippen molar-refractivity contribution in [2.45, 2.75) is 38.6 Å². The molecule has 7 heteroatoms. The summed E-state index contributed by atoms with van der Waals surface area (Å²) in [7, 11) is 0. The molecule has 0 bridgehead atoms. The van der Waals surface area contributed by atoms with Crippen molar-refractivity contribution in [3.63, 3.8) is 0 Å². The third-order valence-corrected chi connectivity index (χ3v) is 4.34. The fraction of sp³-hybridized carbons (Fsp3) is 0.471. The molecule has 1 heterocycles. The van der Waals surface area contributed by atoms with Crippen molar-refractivity contribution < 1.29 is 19.1 Å². The Kier molecular flexibility index (Phi) is 5.83. The van der Waals surface area contributed by atoms with E-state index in [0.717, 1.165) is 17.7 Å². The molecule has 24 heavy (non-hydrogen) atoms. The number of nitrogens with zero attached hydrogens (tertiary/aromatic N) is 1. The zero-order valence-electron chi connectivity index (χ0n) is 13.8. The maximum absolute atomic E-state index is 12.8. The summed E-state index contributed by atoms with van der Waals surface area (Å²) in [5.74, 6) is -1.04. The molecule has 1 N–H and O–H groups in total. The van der Waals surface area contributed by atoms with Crippen molar-refractivity contribution in [3.05, 3.63) is 34.9 Å². The molecule has 0 aromatic heterocycles. The summed E-state index contributed by atoms with van der Waals surface area (Å²) in [4.78, 5) is 37.8. The predicted molar refractivity (Wildman–Crippen MR) is 89.5 cm³/mol. The smallest absolute Gasteiger partial charge is 0.326 e. The number of hydrogen-bond donors (Lipinski definition) is 1. The van der Waals surface area contributed by atoms with E-state index in [-0.39, 0.29) is 13.2 Å². The monoisotopic (exact) mass is 352 g/mol. The SMILES string of the molecule is CCCCOC(=O)CN1C(=O)NC(CC)(c2ccc(Cl)cc2)C1=O. The van der Waals surface area contributed by atoms with Crippen LogP contribution in [0.3, 0.4) is 0 Å². The van der Waals surface area contributed by atoms with E-state index in [1.54, 1.807) is 31.2 Å². The molecule has 1 aliphatic heterocycles. The van der Waals surface area contributed by atoms with Crippen LogP contribution in [-0.2, 0) is 19.9 Å². The molecule has 130 valence electrons. The van der Waals surface area contributed by atoms with Gasteiger partial charge in [0, 0.05) is 5.02 Å². The number of imide groups is 1. The maximum Gasteiger partial charge on any atom is 0.326 e. The van der Waals surface area contributed by atoms with Gasteiger partial charge in [-0.25, -0.2) is 4.79 Å². The molecule has 1 aliphatic rings. The molecular formula is C17H21ClN2O4. The lowest BCUT2D eigenvalue weighted by atomic mass is 9.87. The lowest BCUT2D eigenvalue weighted by Crippen LogP contribution is -2.44. The number of hydrogen-bond acceptors (Lipinski definition) is 4. The standard InChI is InChI=1S/C17H21ClN2O4/c1-3-5-10-24-14(21)11-20-15(22)17(4-2,19-16(20)23)12-6-8-13(18)9-7-12/h6-9H,3-5,10-11H2,1-2H3,(H,19,23). The van der Waals surface area contributed by atoms with Crippen LogP contribution < -0.4 is 5.32 Å². The largest absolute Gasteiger partial charge is 0.464 e. The zero-order chi connectivity index (χ0) is 17.7. The molecule has 1 saturated heterocycles. The molecule has 1 aromatic rings. The molecule has 1 unspecified atom stereocenters. The van der Waals surface area contributed by atoms with Gasteiger partial charge in [-0.1, -0.05) is 44.0 Å². The number of esters is 1. The summed E-state index contributed by atoms with van der Waals surface area (Å²) < 4.78 is 5.03. The van der Waals surface area contributed by atoms with E-state index in [2.05, 4.69) is 5.32 Å². The van der Waals surface area contributed by atoms with Crippen LogP contribution in [0.1, 0.15) is 38.7 Å².